The Labute approximate surface area is 338 Å². The van der Waals surface area contributed by atoms with Crippen LogP contribution in [0.1, 0.15) is 82.5 Å². The molecule has 288 valence electrons. The van der Waals surface area contributed by atoms with Gasteiger partial charge in [-0.1, -0.05) is 50.9 Å². The van der Waals surface area contributed by atoms with Gasteiger partial charge in [-0.3, -0.25) is 19.2 Å². The topological polar surface area (TPSA) is 192 Å². The van der Waals surface area contributed by atoms with E-state index in [9.17, 15) is 29.4 Å². The number of carbonyl (C=O) groups is 4. The molecule has 0 bridgehead atoms. The summed E-state index contributed by atoms with van der Waals surface area (Å²) in [6.07, 6.45) is 0. The number of carbonyl (C=O) groups excluding carboxylic acids is 2. The number of phenols is 2. The third-order valence-electron chi connectivity index (χ3n) is 7.81. The van der Waals surface area contributed by atoms with Gasteiger partial charge in [-0.15, -0.1) is 0 Å². The lowest BCUT2D eigenvalue weighted by atomic mass is 10.0. The number of amides is 2. The molecule has 0 radical (unpaired) electrons. The molecule has 54 heavy (non-hydrogen) atoms. The predicted octanol–water partition coefficient (Wildman–Crippen LogP) is 9.69. The zero-order valence-corrected chi connectivity index (χ0v) is 34.6. The van der Waals surface area contributed by atoms with Gasteiger partial charge in [0, 0.05) is 22.3 Å². The van der Waals surface area contributed by atoms with Crippen LogP contribution in [0.25, 0.3) is 0 Å². The van der Waals surface area contributed by atoms with E-state index >= 15 is 0 Å². The molecule has 0 aliphatic carbocycles. The average molecular weight is 913 g/mol. The van der Waals surface area contributed by atoms with E-state index in [0.29, 0.717) is 48.4 Å². The smallest absolute Gasteiger partial charge is 0.322 e. The fraction of sp³-hybridized carbons (Fsp3) is 0.263. The molecule has 0 atom stereocenters. The molecule has 16 heteroatoms. The second-order valence-corrected chi connectivity index (χ2v) is 14.9. The second kappa shape index (κ2) is 19.2. The van der Waals surface area contributed by atoms with Crippen LogP contribution < -0.4 is 20.1 Å². The van der Waals surface area contributed by atoms with Crippen LogP contribution in [0, 0.1) is 13.8 Å². The minimum atomic E-state index is -1.16. The van der Waals surface area contributed by atoms with Crippen molar-refractivity contribution in [1.82, 2.24) is 10.6 Å². The van der Waals surface area contributed by atoms with E-state index in [1.54, 1.807) is 50.2 Å². The molecule has 0 unspecified atom stereocenters. The van der Waals surface area contributed by atoms with Crippen molar-refractivity contribution in [3.63, 3.8) is 0 Å². The number of nitrogens with one attached hydrogen (secondary N) is 2. The number of carboxylic acid groups (broad SMARTS) is 2. The normalized spacial score (nSPS) is 10.7. The van der Waals surface area contributed by atoms with Gasteiger partial charge in [0.1, 0.15) is 36.1 Å². The van der Waals surface area contributed by atoms with Crippen molar-refractivity contribution >= 4 is 78.8 Å². The maximum Gasteiger partial charge on any atom is 0.322 e. The Kier molecular flexibility index (Phi) is 15.6. The highest BCUT2D eigenvalue weighted by molar-refractivity contribution is 9.11. The van der Waals surface area contributed by atoms with Gasteiger partial charge in [0.05, 0.1) is 19.0 Å². The van der Waals surface area contributed by atoms with E-state index in [0.717, 1.165) is 5.56 Å². The average Bonchev–Trinajstić information content (AvgIpc) is 3.10. The summed E-state index contributed by atoms with van der Waals surface area (Å²) < 4.78 is 12.9. The largest absolute Gasteiger partial charge is 0.508 e. The molecule has 12 nitrogen and oxygen atoms in total. The Morgan fingerprint density at radius 2 is 1.11 bits per heavy atom. The van der Waals surface area contributed by atoms with Gasteiger partial charge >= 0.3 is 11.9 Å². The molecule has 4 rings (SSSR count). The van der Waals surface area contributed by atoms with Crippen LogP contribution in [0.2, 0.25) is 10.0 Å². The summed E-state index contributed by atoms with van der Waals surface area (Å²) in [6.45, 7) is 10.2. The molecular weight excluding hydrogens is 875 g/mol. The molecule has 0 saturated heterocycles. The van der Waals surface area contributed by atoms with Crippen molar-refractivity contribution < 1.29 is 49.1 Å². The maximum atomic E-state index is 12.2. The van der Waals surface area contributed by atoms with E-state index in [4.69, 9.17) is 42.9 Å². The third-order valence-corrected chi connectivity index (χ3v) is 10.1. The van der Waals surface area contributed by atoms with Gasteiger partial charge in [-0.05, 0) is 117 Å². The van der Waals surface area contributed by atoms with E-state index in [2.05, 4.69) is 42.5 Å². The summed E-state index contributed by atoms with van der Waals surface area (Å²) >= 11 is 19.4. The monoisotopic (exact) mass is 910 g/mol. The third kappa shape index (κ3) is 11.3. The summed E-state index contributed by atoms with van der Waals surface area (Å²) in [6, 6.07) is 12.7. The first kappa shape index (κ1) is 43.9. The molecule has 0 aromatic heterocycles. The van der Waals surface area contributed by atoms with Crippen LogP contribution in [0.5, 0.6) is 34.5 Å². The Morgan fingerprint density at radius 1 is 0.685 bits per heavy atom. The van der Waals surface area contributed by atoms with Crippen LogP contribution in [-0.4, -0.2) is 57.3 Å². The molecule has 2 amide bonds. The number of aromatic hydroxyl groups is 2. The Hall–Kier alpha value is -4.50. The number of phenolic OH excluding ortho intramolecular Hbond substituents is 2. The first-order chi connectivity index (χ1) is 25.2. The lowest BCUT2D eigenvalue weighted by molar-refractivity contribution is -0.136. The summed E-state index contributed by atoms with van der Waals surface area (Å²) in [7, 11) is 0. The summed E-state index contributed by atoms with van der Waals surface area (Å²) in [5.74, 6) is -1.17. The SMILES string of the molecule is Cc1c(C(=O)NCC(=O)O)cc(Br)c(Oc2ccc(O)c(C(C)C)c2)c1Br.Cc1c(C(=O)NCC(=O)O)cc(Cl)c(Oc2ccc(O)c(C(C)C)c2)c1Cl. The molecule has 4 aromatic carbocycles. The highest BCUT2D eigenvalue weighted by Gasteiger charge is 2.22. The van der Waals surface area contributed by atoms with Gasteiger partial charge in [0.2, 0.25) is 0 Å². The molecule has 6 N–H and O–H groups in total. The van der Waals surface area contributed by atoms with Crippen molar-refractivity contribution in [2.24, 2.45) is 0 Å². The lowest BCUT2D eigenvalue weighted by Gasteiger charge is -2.16. The van der Waals surface area contributed by atoms with Gasteiger partial charge in [-0.2, -0.15) is 0 Å². The molecule has 0 aliphatic rings. The quantitative estimate of drug-likeness (QED) is 0.0798. The predicted molar refractivity (Wildman–Crippen MR) is 212 cm³/mol. The molecule has 0 aliphatic heterocycles. The maximum absolute atomic E-state index is 12.2. The van der Waals surface area contributed by atoms with Gasteiger partial charge in [-0.25, -0.2) is 0 Å². The van der Waals surface area contributed by atoms with Gasteiger partial charge in [0.15, 0.2) is 11.5 Å². The van der Waals surface area contributed by atoms with Crippen molar-refractivity contribution in [3.8, 4) is 34.5 Å². The van der Waals surface area contributed by atoms with Crippen LogP contribution in [0.3, 0.4) is 0 Å². The molecule has 0 saturated carbocycles. The standard InChI is InChI=1S/C19H19Br2NO5.C19H19Cl2NO5/c2*1-9(2)12-6-11(4-5-15(12)23)27-18-14(20)7-13(10(3)17(18)21)19(26)22-8-16(24)25/h2*4-7,9,23H,8H2,1-3H3,(H,22,26)(H,24,25). The number of halogens is 4. The Morgan fingerprint density at radius 3 is 1.54 bits per heavy atom. The number of carboxylic acids is 2. The zero-order valence-electron chi connectivity index (χ0n) is 29.9. The highest BCUT2D eigenvalue weighted by Crippen LogP contribution is 2.43. The first-order valence-corrected chi connectivity index (χ1v) is 18.6. The molecule has 0 fully saturated rings. The number of benzene rings is 4. The minimum Gasteiger partial charge on any atom is -0.508 e. The number of hydrogen-bond donors (Lipinski definition) is 6. The van der Waals surface area contributed by atoms with Crippen LogP contribution in [-0.2, 0) is 9.59 Å². The first-order valence-electron chi connectivity index (χ1n) is 16.2. The summed E-state index contributed by atoms with van der Waals surface area (Å²) in [5.41, 5.74) is 2.98. The molecule has 0 heterocycles. The van der Waals surface area contributed by atoms with Crippen molar-refractivity contribution in [3.05, 3.63) is 101 Å². The fourth-order valence-corrected chi connectivity index (χ4v) is 6.72. The number of rotatable bonds is 12. The summed E-state index contributed by atoms with van der Waals surface area (Å²) in [5, 5.41) is 42.1. The van der Waals surface area contributed by atoms with Gasteiger partial charge in [0.25, 0.3) is 11.8 Å². The van der Waals surface area contributed by atoms with Crippen molar-refractivity contribution in [1.29, 1.82) is 0 Å². The molecular formula is C38H38Br2Cl2N2O10. The van der Waals surface area contributed by atoms with E-state index in [1.807, 2.05) is 27.7 Å². The molecule has 4 aromatic rings. The van der Waals surface area contributed by atoms with Crippen molar-refractivity contribution in [2.75, 3.05) is 13.1 Å². The van der Waals surface area contributed by atoms with E-state index in [1.165, 1.54) is 12.1 Å². The number of hydrogen-bond acceptors (Lipinski definition) is 8. The minimum absolute atomic E-state index is 0.0848. The zero-order chi connectivity index (χ0) is 40.6. The van der Waals surface area contributed by atoms with E-state index < -0.39 is 36.8 Å². The molecule has 0 spiro atoms. The van der Waals surface area contributed by atoms with Crippen LogP contribution >= 0.6 is 55.1 Å². The highest BCUT2D eigenvalue weighted by atomic mass is 79.9. The van der Waals surface area contributed by atoms with Crippen molar-refractivity contribution in [2.45, 2.75) is 53.4 Å². The fourth-order valence-electron chi connectivity index (χ4n) is 4.90. The Bertz CT molecular complexity index is 1940. The van der Waals surface area contributed by atoms with Crippen LogP contribution in [0.15, 0.2) is 57.5 Å². The van der Waals surface area contributed by atoms with Crippen LogP contribution in [0.4, 0.5) is 0 Å². The lowest BCUT2D eigenvalue weighted by Crippen LogP contribution is -2.29. The second-order valence-electron chi connectivity index (χ2n) is 12.5. The number of ether oxygens (including phenoxy) is 2. The number of aliphatic carboxylic acids is 2. The Balaban J connectivity index is 0.000000290. The van der Waals surface area contributed by atoms with E-state index in [-0.39, 0.29) is 44.7 Å². The van der Waals surface area contributed by atoms with Gasteiger partial charge < -0.3 is 40.5 Å². The summed E-state index contributed by atoms with van der Waals surface area (Å²) in [4.78, 5) is 45.6.